The van der Waals surface area contributed by atoms with Gasteiger partial charge in [0.05, 0.1) is 5.41 Å². The standard InChI is InChI=1S/C30H39IO3/c1-7-9-20-30(6,29(4,5)19-13-14-22(3)8-2)28(33)34-24-17-18-25(26(31)21-24)27(32)23-15-11-10-12-16-23/h8,10-12,15-18,21H,7,9,13-14,19-20H2,1-6H3/b22-8+. The number of allylic oxidation sites excluding steroid dienone is 2. The number of carbonyl (C=O) groups is 2. The highest BCUT2D eigenvalue weighted by Crippen LogP contribution is 2.47. The first-order chi connectivity index (χ1) is 16.1. The summed E-state index contributed by atoms with van der Waals surface area (Å²) < 4.78 is 6.74. The summed E-state index contributed by atoms with van der Waals surface area (Å²) in [5.41, 5.74) is 1.83. The lowest BCUT2D eigenvalue weighted by Crippen LogP contribution is -2.44. The molecule has 0 heterocycles. The molecule has 0 aromatic heterocycles. The molecular formula is C30H39IO3. The zero-order valence-electron chi connectivity index (χ0n) is 21.5. The highest BCUT2D eigenvalue weighted by atomic mass is 127. The largest absolute Gasteiger partial charge is 0.426 e. The van der Waals surface area contributed by atoms with Crippen LogP contribution in [-0.2, 0) is 4.79 Å². The molecule has 0 aliphatic rings. The number of benzene rings is 2. The molecule has 0 aliphatic carbocycles. The maximum Gasteiger partial charge on any atom is 0.317 e. The molecule has 2 aromatic carbocycles. The van der Waals surface area contributed by atoms with E-state index in [-0.39, 0.29) is 17.2 Å². The van der Waals surface area contributed by atoms with Gasteiger partial charge in [0.2, 0.25) is 0 Å². The molecule has 0 radical (unpaired) electrons. The molecule has 2 rings (SSSR count). The first-order valence-electron chi connectivity index (χ1n) is 12.3. The van der Waals surface area contributed by atoms with E-state index in [1.54, 1.807) is 18.2 Å². The Morgan fingerprint density at radius 3 is 2.26 bits per heavy atom. The fourth-order valence-electron chi connectivity index (χ4n) is 4.18. The van der Waals surface area contributed by atoms with Crippen molar-refractivity contribution in [3.8, 4) is 5.75 Å². The van der Waals surface area contributed by atoms with E-state index < -0.39 is 5.41 Å². The van der Waals surface area contributed by atoms with Gasteiger partial charge in [0.1, 0.15) is 5.75 Å². The maximum absolute atomic E-state index is 13.6. The Morgan fingerprint density at radius 1 is 1.00 bits per heavy atom. The third kappa shape index (κ3) is 7.03. The van der Waals surface area contributed by atoms with Crippen molar-refractivity contribution in [3.05, 3.63) is 74.9 Å². The lowest BCUT2D eigenvalue weighted by Gasteiger charge is -2.42. The van der Waals surface area contributed by atoms with E-state index in [2.05, 4.69) is 70.2 Å². The van der Waals surface area contributed by atoms with E-state index in [9.17, 15) is 9.59 Å². The molecule has 1 unspecified atom stereocenters. The highest BCUT2D eigenvalue weighted by Gasteiger charge is 2.47. The topological polar surface area (TPSA) is 43.4 Å². The predicted molar refractivity (Wildman–Crippen MR) is 149 cm³/mol. The molecule has 3 nitrogen and oxygen atoms in total. The van der Waals surface area contributed by atoms with Crippen molar-refractivity contribution in [1.82, 2.24) is 0 Å². The van der Waals surface area contributed by atoms with Gasteiger partial charge in [0.15, 0.2) is 5.78 Å². The average Bonchev–Trinajstić information content (AvgIpc) is 2.82. The summed E-state index contributed by atoms with van der Waals surface area (Å²) in [7, 11) is 0. The Morgan fingerprint density at radius 2 is 1.68 bits per heavy atom. The Labute approximate surface area is 219 Å². The number of halogens is 1. The summed E-state index contributed by atoms with van der Waals surface area (Å²) in [5.74, 6) is 0.266. The van der Waals surface area contributed by atoms with E-state index in [1.807, 2.05) is 30.3 Å². The van der Waals surface area contributed by atoms with Gasteiger partial charge in [0, 0.05) is 14.7 Å². The van der Waals surface area contributed by atoms with E-state index in [1.165, 1.54) is 5.57 Å². The number of rotatable bonds is 12. The number of hydrogen-bond donors (Lipinski definition) is 0. The van der Waals surface area contributed by atoms with Crippen LogP contribution in [0.1, 0.15) is 96.0 Å². The van der Waals surface area contributed by atoms with Crippen LogP contribution in [0.15, 0.2) is 60.2 Å². The van der Waals surface area contributed by atoms with Crippen LogP contribution in [-0.4, -0.2) is 11.8 Å². The molecular weight excluding hydrogens is 535 g/mol. The van der Waals surface area contributed by atoms with Crippen LogP contribution in [0.2, 0.25) is 0 Å². The summed E-state index contributed by atoms with van der Waals surface area (Å²) in [6.07, 6.45) is 8.01. The van der Waals surface area contributed by atoms with Gasteiger partial charge in [-0.25, -0.2) is 0 Å². The molecule has 2 aromatic rings. The summed E-state index contributed by atoms with van der Waals surface area (Å²) >= 11 is 2.15. The molecule has 184 valence electrons. The second-order valence-corrected chi connectivity index (χ2v) is 11.2. The minimum Gasteiger partial charge on any atom is -0.426 e. The van der Waals surface area contributed by atoms with Gasteiger partial charge in [0.25, 0.3) is 0 Å². The highest BCUT2D eigenvalue weighted by molar-refractivity contribution is 14.1. The first-order valence-corrected chi connectivity index (χ1v) is 13.4. The monoisotopic (exact) mass is 574 g/mol. The van der Waals surface area contributed by atoms with E-state index in [0.717, 1.165) is 42.1 Å². The molecule has 0 N–H and O–H groups in total. The van der Waals surface area contributed by atoms with Crippen LogP contribution in [0.3, 0.4) is 0 Å². The van der Waals surface area contributed by atoms with E-state index in [4.69, 9.17) is 4.74 Å². The zero-order chi connectivity index (χ0) is 25.4. The molecule has 0 bridgehead atoms. The quantitative estimate of drug-likeness (QED) is 0.0837. The number of unbranched alkanes of at least 4 members (excludes halogenated alkanes) is 1. The van der Waals surface area contributed by atoms with Crippen LogP contribution < -0.4 is 4.74 Å². The third-order valence-electron chi connectivity index (χ3n) is 7.27. The zero-order valence-corrected chi connectivity index (χ0v) is 23.7. The molecule has 0 saturated carbocycles. The van der Waals surface area contributed by atoms with Crippen LogP contribution in [0.5, 0.6) is 5.75 Å². The second kappa shape index (κ2) is 12.7. The summed E-state index contributed by atoms with van der Waals surface area (Å²) in [5, 5.41) is 0. The van der Waals surface area contributed by atoms with E-state index in [0.29, 0.717) is 16.9 Å². The molecule has 34 heavy (non-hydrogen) atoms. The van der Waals surface area contributed by atoms with Crippen LogP contribution in [0.4, 0.5) is 0 Å². The van der Waals surface area contributed by atoms with Crippen molar-refractivity contribution < 1.29 is 14.3 Å². The minimum atomic E-state index is -0.600. The van der Waals surface area contributed by atoms with E-state index >= 15 is 0 Å². The fourth-order valence-corrected chi connectivity index (χ4v) is 4.92. The molecule has 0 aliphatic heterocycles. The number of carbonyl (C=O) groups excluding carboxylic acids is 2. The lowest BCUT2D eigenvalue weighted by atomic mass is 9.62. The Hall–Kier alpha value is -1.95. The number of hydrogen-bond acceptors (Lipinski definition) is 3. The molecule has 1 atom stereocenters. The van der Waals surface area contributed by atoms with Gasteiger partial charge in [-0.2, -0.15) is 0 Å². The maximum atomic E-state index is 13.6. The predicted octanol–water partition coefficient (Wildman–Crippen LogP) is 8.79. The van der Waals surface area contributed by atoms with Crippen molar-refractivity contribution in [3.63, 3.8) is 0 Å². The van der Waals surface area contributed by atoms with Crippen molar-refractivity contribution in [2.24, 2.45) is 10.8 Å². The smallest absolute Gasteiger partial charge is 0.317 e. The molecule has 0 amide bonds. The Balaban J connectivity index is 2.22. The number of ketones is 1. The number of esters is 1. The normalized spacial score (nSPS) is 13.9. The Bertz CT molecular complexity index is 1010. The molecule has 4 heteroatoms. The first kappa shape index (κ1) is 28.3. The minimum absolute atomic E-state index is 0.0341. The Kier molecular flexibility index (Phi) is 10.5. The van der Waals surface area contributed by atoms with Gasteiger partial charge in [-0.3, -0.25) is 9.59 Å². The van der Waals surface area contributed by atoms with Gasteiger partial charge < -0.3 is 4.74 Å². The SMILES string of the molecule is C/C=C(\C)CCCC(C)(C)C(C)(CCCC)C(=O)Oc1ccc(C(=O)c2ccccc2)c(I)c1. The molecule has 0 fully saturated rings. The second-order valence-electron chi connectivity index (χ2n) is 10.0. The van der Waals surface area contributed by atoms with Crippen molar-refractivity contribution in [2.75, 3.05) is 0 Å². The van der Waals surface area contributed by atoms with Crippen molar-refractivity contribution in [2.45, 2.75) is 80.1 Å². The fraction of sp³-hybridized carbons (Fsp3) is 0.467. The van der Waals surface area contributed by atoms with Crippen LogP contribution in [0.25, 0.3) is 0 Å². The molecule has 0 saturated heterocycles. The van der Waals surface area contributed by atoms with Crippen molar-refractivity contribution >= 4 is 34.3 Å². The van der Waals surface area contributed by atoms with Gasteiger partial charge >= 0.3 is 5.97 Å². The summed E-state index contributed by atoms with van der Waals surface area (Å²) in [4.78, 5) is 26.5. The summed E-state index contributed by atoms with van der Waals surface area (Å²) in [6, 6.07) is 14.5. The van der Waals surface area contributed by atoms with Crippen LogP contribution in [0, 0.1) is 14.4 Å². The molecule has 0 spiro atoms. The lowest BCUT2D eigenvalue weighted by molar-refractivity contribution is -0.153. The van der Waals surface area contributed by atoms with Gasteiger partial charge in [-0.05, 0) is 92.7 Å². The van der Waals surface area contributed by atoms with Crippen molar-refractivity contribution in [1.29, 1.82) is 0 Å². The third-order valence-corrected chi connectivity index (χ3v) is 8.16. The van der Waals surface area contributed by atoms with Gasteiger partial charge in [-0.15, -0.1) is 0 Å². The van der Waals surface area contributed by atoms with Gasteiger partial charge in [-0.1, -0.05) is 75.6 Å². The average molecular weight is 575 g/mol. The summed E-state index contributed by atoms with van der Waals surface area (Å²) in [6.45, 7) is 12.8. The number of ether oxygens (including phenoxy) is 1. The van der Waals surface area contributed by atoms with Crippen LogP contribution >= 0.6 is 22.6 Å².